The zero-order valence-electron chi connectivity index (χ0n) is 13.4. The molecule has 1 aromatic rings. The number of halogens is 3. The number of aryl methyl sites for hydroxylation is 1. The van der Waals surface area contributed by atoms with Gasteiger partial charge in [0.15, 0.2) is 0 Å². The first-order valence-corrected chi connectivity index (χ1v) is 7.44. The first kappa shape index (κ1) is 21.6. The Balaban J connectivity index is 0.00000484. The van der Waals surface area contributed by atoms with Gasteiger partial charge in [-0.15, -0.1) is 12.4 Å². The summed E-state index contributed by atoms with van der Waals surface area (Å²) in [6, 6.07) is 6.30. The minimum atomic E-state index is -2.83. The van der Waals surface area contributed by atoms with Crippen molar-refractivity contribution < 1.29 is 18.3 Å². The number of alkyl halides is 2. The number of carbonyl (C=O) groups is 1. The Kier molecular flexibility index (Phi) is 10.5. The average molecular weight is 351 g/mol. The minimum absolute atomic E-state index is 0. The van der Waals surface area contributed by atoms with Crippen LogP contribution in [0.3, 0.4) is 0 Å². The molecule has 0 radical (unpaired) electrons. The highest BCUT2D eigenvalue weighted by Crippen LogP contribution is 2.15. The highest BCUT2D eigenvalue weighted by molar-refractivity contribution is 5.85. The lowest BCUT2D eigenvalue weighted by Gasteiger charge is -2.18. The fraction of sp³-hybridized carbons (Fsp3) is 0.562. The van der Waals surface area contributed by atoms with Gasteiger partial charge in [0.1, 0.15) is 5.75 Å². The fourth-order valence-corrected chi connectivity index (χ4v) is 2.18. The third-order valence-electron chi connectivity index (χ3n) is 3.19. The topological polar surface area (TPSA) is 64.3 Å². The molecule has 1 unspecified atom stereocenters. The highest BCUT2D eigenvalue weighted by atomic mass is 35.5. The second kappa shape index (κ2) is 11.2. The Morgan fingerprint density at radius 1 is 1.26 bits per heavy atom. The molecule has 3 N–H and O–H groups in total. The monoisotopic (exact) mass is 350 g/mol. The Morgan fingerprint density at radius 2 is 1.87 bits per heavy atom. The molecule has 132 valence electrons. The van der Waals surface area contributed by atoms with Crippen LogP contribution >= 0.6 is 12.4 Å². The van der Waals surface area contributed by atoms with Crippen molar-refractivity contribution in [1.29, 1.82) is 0 Å². The third kappa shape index (κ3) is 9.36. The molecule has 0 aliphatic carbocycles. The summed E-state index contributed by atoms with van der Waals surface area (Å²) in [7, 11) is 0. The van der Waals surface area contributed by atoms with E-state index in [4.69, 9.17) is 5.73 Å². The highest BCUT2D eigenvalue weighted by Gasteiger charge is 2.12. The van der Waals surface area contributed by atoms with Crippen LogP contribution in [-0.4, -0.2) is 25.1 Å². The van der Waals surface area contributed by atoms with Crippen molar-refractivity contribution >= 4 is 18.3 Å². The SMILES string of the molecule is CC(C)CC(CN)NC(=O)CCc1ccc(OC(F)F)cc1.Cl. The van der Waals surface area contributed by atoms with Crippen molar-refractivity contribution in [2.24, 2.45) is 11.7 Å². The summed E-state index contributed by atoms with van der Waals surface area (Å²) in [5.74, 6) is 0.531. The van der Waals surface area contributed by atoms with E-state index in [2.05, 4.69) is 23.9 Å². The summed E-state index contributed by atoms with van der Waals surface area (Å²) in [5, 5.41) is 2.92. The van der Waals surface area contributed by atoms with Crippen LogP contribution in [0.5, 0.6) is 5.75 Å². The molecule has 1 aromatic carbocycles. The van der Waals surface area contributed by atoms with Gasteiger partial charge in [-0.1, -0.05) is 26.0 Å². The molecule has 7 heteroatoms. The van der Waals surface area contributed by atoms with E-state index in [0.717, 1.165) is 12.0 Å². The second-order valence-corrected chi connectivity index (χ2v) is 5.65. The molecule has 0 saturated carbocycles. The molecule has 0 saturated heterocycles. The van der Waals surface area contributed by atoms with Gasteiger partial charge in [0.05, 0.1) is 0 Å². The Hall–Kier alpha value is -1.40. The van der Waals surface area contributed by atoms with Gasteiger partial charge in [-0.05, 0) is 36.5 Å². The normalized spacial score (nSPS) is 12.0. The summed E-state index contributed by atoms with van der Waals surface area (Å²) in [4.78, 5) is 11.9. The van der Waals surface area contributed by atoms with Gasteiger partial charge in [-0.25, -0.2) is 0 Å². The first-order valence-electron chi connectivity index (χ1n) is 7.44. The molecule has 0 spiro atoms. The van der Waals surface area contributed by atoms with Gasteiger partial charge in [0.2, 0.25) is 5.91 Å². The molecule has 1 rings (SSSR count). The predicted octanol–water partition coefficient (Wildman–Crippen LogP) is 3.13. The third-order valence-corrected chi connectivity index (χ3v) is 3.19. The molecule has 0 bridgehead atoms. The zero-order chi connectivity index (χ0) is 16.5. The van der Waals surface area contributed by atoms with E-state index in [0.29, 0.717) is 25.3 Å². The number of hydrogen-bond donors (Lipinski definition) is 2. The van der Waals surface area contributed by atoms with Crippen molar-refractivity contribution in [3.05, 3.63) is 29.8 Å². The van der Waals surface area contributed by atoms with Gasteiger partial charge in [0, 0.05) is 19.0 Å². The molecule has 1 atom stereocenters. The Bertz CT molecular complexity index is 456. The molecule has 0 aliphatic rings. The maximum atomic E-state index is 12.0. The Labute approximate surface area is 142 Å². The lowest BCUT2D eigenvalue weighted by Crippen LogP contribution is -2.41. The summed E-state index contributed by atoms with van der Waals surface area (Å²) in [6.07, 6.45) is 1.73. The number of nitrogens with one attached hydrogen (secondary N) is 1. The van der Waals surface area contributed by atoms with Crippen LogP contribution in [0.2, 0.25) is 0 Å². The van der Waals surface area contributed by atoms with Crippen LogP contribution in [0.4, 0.5) is 8.78 Å². The van der Waals surface area contributed by atoms with E-state index < -0.39 is 6.61 Å². The van der Waals surface area contributed by atoms with E-state index >= 15 is 0 Å². The van der Waals surface area contributed by atoms with Crippen molar-refractivity contribution in [2.75, 3.05) is 6.54 Å². The smallest absolute Gasteiger partial charge is 0.387 e. The molecule has 0 fully saturated rings. The van der Waals surface area contributed by atoms with Crippen LogP contribution < -0.4 is 15.8 Å². The maximum absolute atomic E-state index is 12.0. The van der Waals surface area contributed by atoms with E-state index in [1.807, 2.05) is 0 Å². The number of hydrogen-bond acceptors (Lipinski definition) is 3. The van der Waals surface area contributed by atoms with Crippen LogP contribution in [0.25, 0.3) is 0 Å². The molecule has 0 aromatic heterocycles. The van der Waals surface area contributed by atoms with E-state index in [1.54, 1.807) is 12.1 Å². The predicted molar refractivity (Wildman–Crippen MR) is 89.1 cm³/mol. The van der Waals surface area contributed by atoms with Gasteiger partial charge in [-0.3, -0.25) is 4.79 Å². The lowest BCUT2D eigenvalue weighted by atomic mass is 10.0. The van der Waals surface area contributed by atoms with Crippen molar-refractivity contribution in [3.8, 4) is 5.75 Å². The summed E-state index contributed by atoms with van der Waals surface area (Å²) >= 11 is 0. The number of rotatable bonds is 9. The summed E-state index contributed by atoms with van der Waals surface area (Å²) in [6.45, 7) is 1.75. The van der Waals surface area contributed by atoms with Gasteiger partial charge in [0.25, 0.3) is 0 Å². The van der Waals surface area contributed by atoms with Crippen LogP contribution in [-0.2, 0) is 11.2 Å². The van der Waals surface area contributed by atoms with E-state index in [-0.39, 0.29) is 30.1 Å². The average Bonchev–Trinajstić information content (AvgIpc) is 2.44. The number of carbonyl (C=O) groups excluding carboxylic acids is 1. The number of nitrogens with two attached hydrogens (primary N) is 1. The van der Waals surface area contributed by atoms with Crippen molar-refractivity contribution in [2.45, 2.75) is 45.8 Å². The number of benzene rings is 1. The standard InChI is InChI=1S/C16H24F2N2O2.ClH/c1-11(2)9-13(10-19)20-15(21)8-5-12-3-6-14(7-4-12)22-16(17)18;/h3-4,6-7,11,13,16H,5,8-10,19H2,1-2H3,(H,20,21);1H. The van der Waals surface area contributed by atoms with Crippen LogP contribution in [0.15, 0.2) is 24.3 Å². The van der Waals surface area contributed by atoms with Gasteiger partial charge in [-0.2, -0.15) is 8.78 Å². The maximum Gasteiger partial charge on any atom is 0.387 e. The summed E-state index contributed by atoms with van der Waals surface area (Å²) in [5.41, 5.74) is 6.54. The number of amides is 1. The molecule has 23 heavy (non-hydrogen) atoms. The quantitative estimate of drug-likeness (QED) is 0.719. The molecule has 0 aliphatic heterocycles. The van der Waals surface area contributed by atoms with Crippen molar-refractivity contribution in [3.63, 3.8) is 0 Å². The van der Waals surface area contributed by atoms with E-state index in [9.17, 15) is 13.6 Å². The Morgan fingerprint density at radius 3 is 2.35 bits per heavy atom. The molecule has 1 amide bonds. The minimum Gasteiger partial charge on any atom is -0.435 e. The molecular formula is C16H25ClF2N2O2. The summed E-state index contributed by atoms with van der Waals surface area (Å²) < 4.78 is 28.3. The molecular weight excluding hydrogens is 326 g/mol. The largest absolute Gasteiger partial charge is 0.435 e. The van der Waals surface area contributed by atoms with Crippen LogP contribution in [0, 0.1) is 5.92 Å². The molecule has 4 nitrogen and oxygen atoms in total. The molecule has 0 heterocycles. The van der Waals surface area contributed by atoms with Crippen molar-refractivity contribution in [1.82, 2.24) is 5.32 Å². The number of ether oxygens (including phenoxy) is 1. The van der Waals surface area contributed by atoms with Crippen LogP contribution in [0.1, 0.15) is 32.3 Å². The first-order chi connectivity index (χ1) is 10.4. The van der Waals surface area contributed by atoms with E-state index in [1.165, 1.54) is 12.1 Å². The fourth-order valence-electron chi connectivity index (χ4n) is 2.18. The second-order valence-electron chi connectivity index (χ2n) is 5.65. The zero-order valence-corrected chi connectivity index (χ0v) is 14.2. The lowest BCUT2D eigenvalue weighted by molar-refractivity contribution is -0.121. The van der Waals surface area contributed by atoms with Gasteiger partial charge >= 0.3 is 6.61 Å². The van der Waals surface area contributed by atoms with Gasteiger partial charge < -0.3 is 15.8 Å².